The normalized spacial score (nSPS) is 11.2. The van der Waals surface area contributed by atoms with E-state index in [1.54, 1.807) is 17.8 Å². The van der Waals surface area contributed by atoms with Gasteiger partial charge in [0.1, 0.15) is 11.7 Å². The van der Waals surface area contributed by atoms with Gasteiger partial charge in [-0.25, -0.2) is 14.3 Å². The van der Waals surface area contributed by atoms with E-state index in [4.69, 9.17) is 11.6 Å². The van der Waals surface area contributed by atoms with Gasteiger partial charge in [-0.1, -0.05) is 35.5 Å². The molecular weight excluding hydrogens is 442 g/mol. The molecule has 0 saturated heterocycles. The number of thioether (sulfide) groups is 1. The second-order valence-electron chi connectivity index (χ2n) is 6.64. The van der Waals surface area contributed by atoms with Crippen molar-refractivity contribution in [3.05, 3.63) is 57.7 Å². The molecule has 0 fully saturated rings. The van der Waals surface area contributed by atoms with Crippen LogP contribution in [0.4, 0.5) is 0 Å². The van der Waals surface area contributed by atoms with Gasteiger partial charge in [0.05, 0.1) is 25.0 Å². The lowest BCUT2D eigenvalue weighted by atomic mass is 10.2. The molecule has 0 spiro atoms. The van der Waals surface area contributed by atoms with E-state index in [1.807, 2.05) is 18.2 Å². The number of aromatic nitrogens is 8. The largest absolute Gasteiger partial charge is 0.354 e. The van der Waals surface area contributed by atoms with Crippen LogP contribution in [0.25, 0.3) is 11.0 Å². The van der Waals surface area contributed by atoms with Crippen molar-refractivity contribution < 1.29 is 4.79 Å². The van der Waals surface area contributed by atoms with Crippen molar-refractivity contribution in [3.8, 4) is 0 Å². The zero-order valence-electron chi connectivity index (χ0n) is 16.5. The van der Waals surface area contributed by atoms with Crippen LogP contribution >= 0.6 is 23.4 Å². The van der Waals surface area contributed by atoms with Crippen LogP contribution in [0.3, 0.4) is 0 Å². The fourth-order valence-corrected chi connectivity index (χ4v) is 3.82. The average molecular weight is 460 g/mol. The first-order chi connectivity index (χ1) is 15.0. The van der Waals surface area contributed by atoms with Gasteiger partial charge in [-0.3, -0.25) is 14.2 Å². The van der Waals surface area contributed by atoms with Gasteiger partial charge in [0.25, 0.3) is 5.56 Å². The molecule has 13 heteroatoms. The number of aryl methyl sites for hydroxylation is 1. The number of carbonyl (C=O) groups excluding carboxylic acids is 1. The predicted molar refractivity (Wildman–Crippen MR) is 115 cm³/mol. The lowest BCUT2D eigenvalue weighted by Gasteiger charge is -2.07. The van der Waals surface area contributed by atoms with Crippen molar-refractivity contribution in [3.63, 3.8) is 0 Å². The lowest BCUT2D eigenvalue weighted by molar-refractivity contribution is -0.118. The van der Waals surface area contributed by atoms with Crippen LogP contribution in [-0.4, -0.2) is 57.7 Å². The second kappa shape index (κ2) is 9.27. The molecular formula is C18H18ClN9O2S. The Hall–Kier alpha value is -3.25. The average Bonchev–Trinajstić information content (AvgIpc) is 3.35. The van der Waals surface area contributed by atoms with Crippen LogP contribution in [0.5, 0.6) is 0 Å². The number of carbonyl (C=O) groups is 1. The summed E-state index contributed by atoms with van der Waals surface area (Å²) in [6, 6.07) is 7.32. The van der Waals surface area contributed by atoms with Crippen LogP contribution in [0, 0.1) is 0 Å². The van der Waals surface area contributed by atoms with Crippen LogP contribution in [0.1, 0.15) is 5.56 Å². The van der Waals surface area contributed by atoms with Gasteiger partial charge in [-0.05, 0) is 28.1 Å². The summed E-state index contributed by atoms with van der Waals surface area (Å²) >= 11 is 7.26. The summed E-state index contributed by atoms with van der Waals surface area (Å²) in [6.45, 7) is 1.10. The number of nitrogens with one attached hydrogen (secondary N) is 1. The van der Waals surface area contributed by atoms with Crippen LogP contribution in [-0.2, 0) is 24.9 Å². The third-order valence-corrected chi connectivity index (χ3v) is 5.67. The molecule has 1 amide bonds. The van der Waals surface area contributed by atoms with Crippen LogP contribution in [0.2, 0.25) is 5.02 Å². The Morgan fingerprint density at radius 3 is 2.97 bits per heavy atom. The van der Waals surface area contributed by atoms with Crippen LogP contribution < -0.4 is 10.9 Å². The van der Waals surface area contributed by atoms with Crippen molar-refractivity contribution in [2.24, 2.45) is 7.05 Å². The Labute approximate surface area is 185 Å². The van der Waals surface area contributed by atoms with Gasteiger partial charge < -0.3 is 5.32 Å². The number of amides is 1. The quantitative estimate of drug-likeness (QED) is 0.382. The molecule has 11 nitrogen and oxygen atoms in total. The van der Waals surface area contributed by atoms with Crippen molar-refractivity contribution in [1.82, 2.24) is 44.9 Å². The van der Waals surface area contributed by atoms with E-state index in [0.717, 1.165) is 5.56 Å². The molecule has 4 rings (SSSR count). The SMILES string of the molecule is Cn1nnnc1SCC(=O)NCCn1ncc2c(=O)n(Cc3cccc(Cl)c3)cnc21. The third-order valence-electron chi connectivity index (χ3n) is 4.42. The van der Waals surface area contributed by atoms with E-state index < -0.39 is 0 Å². The first kappa shape index (κ1) is 21.0. The van der Waals surface area contributed by atoms with Gasteiger partial charge in [0.15, 0.2) is 5.65 Å². The molecule has 0 saturated carbocycles. The van der Waals surface area contributed by atoms with Gasteiger partial charge in [0, 0.05) is 18.6 Å². The number of tetrazole rings is 1. The fraction of sp³-hybridized carbons (Fsp3) is 0.278. The Morgan fingerprint density at radius 2 is 2.19 bits per heavy atom. The summed E-state index contributed by atoms with van der Waals surface area (Å²) in [5, 5.41) is 19.7. The highest BCUT2D eigenvalue weighted by atomic mass is 35.5. The molecule has 0 bridgehead atoms. The molecule has 3 aromatic heterocycles. The molecule has 1 N–H and O–H groups in total. The molecule has 0 unspecified atom stereocenters. The number of hydrogen-bond acceptors (Lipinski definition) is 8. The maximum Gasteiger partial charge on any atom is 0.264 e. The van der Waals surface area contributed by atoms with E-state index in [-0.39, 0.29) is 17.2 Å². The zero-order chi connectivity index (χ0) is 21.8. The minimum Gasteiger partial charge on any atom is -0.354 e. The van der Waals surface area contributed by atoms with E-state index in [2.05, 4.69) is 30.9 Å². The molecule has 31 heavy (non-hydrogen) atoms. The van der Waals surface area contributed by atoms with E-state index >= 15 is 0 Å². The van der Waals surface area contributed by atoms with Crippen molar-refractivity contribution in [2.75, 3.05) is 12.3 Å². The number of hydrogen-bond donors (Lipinski definition) is 1. The van der Waals surface area contributed by atoms with E-state index in [1.165, 1.54) is 33.5 Å². The summed E-state index contributed by atoms with van der Waals surface area (Å²) in [6.07, 6.45) is 2.99. The van der Waals surface area contributed by atoms with Crippen molar-refractivity contribution >= 4 is 40.3 Å². The first-order valence-corrected chi connectivity index (χ1v) is 10.6. The highest BCUT2D eigenvalue weighted by Gasteiger charge is 2.12. The highest BCUT2D eigenvalue weighted by Crippen LogP contribution is 2.13. The van der Waals surface area contributed by atoms with Crippen molar-refractivity contribution in [1.29, 1.82) is 0 Å². The monoisotopic (exact) mass is 459 g/mol. The summed E-state index contributed by atoms with van der Waals surface area (Å²) in [5.41, 5.74) is 1.19. The molecule has 0 aliphatic heterocycles. The smallest absolute Gasteiger partial charge is 0.264 e. The second-order valence-corrected chi connectivity index (χ2v) is 8.02. The number of rotatable bonds is 8. The molecule has 1 aromatic carbocycles. The van der Waals surface area contributed by atoms with Gasteiger partial charge in [-0.15, -0.1) is 5.10 Å². The van der Waals surface area contributed by atoms with Gasteiger partial charge in [-0.2, -0.15) is 5.10 Å². The maximum absolute atomic E-state index is 12.8. The third kappa shape index (κ3) is 4.91. The molecule has 4 aromatic rings. The maximum atomic E-state index is 12.8. The van der Waals surface area contributed by atoms with E-state index in [9.17, 15) is 9.59 Å². The Kier molecular flexibility index (Phi) is 6.28. The number of benzene rings is 1. The first-order valence-electron chi connectivity index (χ1n) is 9.28. The standard InChI is InChI=1S/C18H18ClN9O2S/c1-26-18(23-24-25-26)31-10-15(29)20-5-6-28-16-14(8-22-28)17(30)27(11-21-16)9-12-3-2-4-13(19)7-12/h2-4,7-8,11H,5-6,9-10H2,1H3,(H,20,29). The minimum atomic E-state index is -0.186. The topological polar surface area (TPSA) is 125 Å². The van der Waals surface area contributed by atoms with E-state index in [0.29, 0.717) is 40.8 Å². The molecule has 3 heterocycles. The minimum absolute atomic E-state index is 0.152. The van der Waals surface area contributed by atoms with Gasteiger partial charge in [0.2, 0.25) is 11.1 Å². The zero-order valence-corrected chi connectivity index (χ0v) is 18.0. The molecule has 0 aliphatic rings. The highest BCUT2D eigenvalue weighted by molar-refractivity contribution is 7.99. The number of halogens is 1. The summed E-state index contributed by atoms with van der Waals surface area (Å²) in [5.74, 6) is 0.0434. The molecule has 0 aliphatic carbocycles. The van der Waals surface area contributed by atoms with Crippen molar-refractivity contribution in [2.45, 2.75) is 18.2 Å². The predicted octanol–water partition coefficient (Wildman–Crippen LogP) is 0.727. The van der Waals surface area contributed by atoms with Crippen LogP contribution in [0.15, 0.2) is 46.7 Å². The summed E-state index contributed by atoms with van der Waals surface area (Å²) < 4.78 is 4.61. The number of nitrogens with zero attached hydrogens (tertiary/aromatic N) is 8. The molecule has 160 valence electrons. The summed E-state index contributed by atoms with van der Waals surface area (Å²) in [7, 11) is 1.71. The van der Waals surface area contributed by atoms with Gasteiger partial charge >= 0.3 is 0 Å². The lowest BCUT2D eigenvalue weighted by Crippen LogP contribution is -2.29. The summed E-state index contributed by atoms with van der Waals surface area (Å²) in [4.78, 5) is 29.2. The number of fused-ring (bicyclic) bond motifs is 1. The Balaban J connectivity index is 1.36. The molecule has 0 radical (unpaired) electrons. The fourth-order valence-electron chi connectivity index (χ4n) is 2.93. The Bertz CT molecular complexity index is 1280. The molecule has 0 atom stereocenters. The Morgan fingerprint density at radius 1 is 1.32 bits per heavy atom.